The van der Waals surface area contributed by atoms with Crippen LogP contribution in [0.2, 0.25) is 0 Å². The Hall–Kier alpha value is -1.45. The molecule has 1 fully saturated rings. The second-order valence-electron chi connectivity index (χ2n) is 4.26. The molecule has 9 heteroatoms. The lowest BCUT2D eigenvalue weighted by molar-refractivity contribution is 0.0453. The lowest BCUT2D eigenvalue weighted by Crippen LogP contribution is -2.38. The first kappa shape index (κ1) is 13.0. The number of nitrogens with one attached hydrogen (secondary N) is 2. The van der Waals surface area contributed by atoms with Gasteiger partial charge in [0.05, 0.1) is 12.3 Å². The molecule has 0 spiro atoms. The molecule has 1 aromatic heterocycles. The van der Waals surface area contributed by atoms with E-state index in [9.17, 15) is 13.2 Å². The van der Waals surface area contributed by atoms with Crippen molar-refractivity contribution in [2.24, 2.45) is 5.92 Å². The van der Waals surface area contributed by atoms with E-state index in [1.54, 1.807) is 0 Å². The van der Waals surface area contributed by atoms with Gasteiger partial charge in [0.1, 0.15) is 5.56 Å². The van der Waals surface area contributed by atoms with E-state index in [2.05, 4.69) is 14.9 Å². The molecule has 0 radical (unpaired) electrons. The maximum atomic E-state index is 11.8. The Morgan fingerprint density at radius 1 is 1.56 bits per heavy atom. The minimum Gasteiger partial charge on any atom is -0.478 e. The molecule has 8 nitrogen and oxygen atoms in total. The summed E-state index contributed by atoms with van der Waals surface area (Å²) < 4.78 is 26.0. The van der Waals surface area contributed by atoms with Crippen molar-refractivity contribution in [1.29, 1.82) is 0 Å². The number of carboxylic acid groups (broad SMARTS) is 1. The van der Waals surface area contributed by atoms with Gasteiger partial charge in [-0.05, 0) is 18.8 Å². The number of hydrogen-bond donors (Lipinski definition) is 4. The molecule has 0 bridgehead atoms. The van der Waals surface area contributed by atoms with Crippen LogP contribution in [0.4, 0.5) is 0 Å². The Labute approximate surface area is 103 Å². The summed E-state index contributed by atoms with van der Waals surface area (Å²) in [6, 6.07) is 0. The van der Waals surface area contributed by atoms with Crippen LogP contribution >= 0.6 is 0 Å². The molecule has 0 unspecified atom stereocenters. The first-order valence-electron chi connectivity index (χ1n) is 5.34. The van der Waals surface area contributed by atoms with Crippen LogP contribution < -0.4 is 4.72 Å². The second kappa shape index (κ2) is 4.67. The van der Waals surface area contributed by atoms with E-state index in [4.69, 9.17) is 10.2 Å². The van der Waals surface area contributed by atoms with E-state index >= 15 is 0 Å². The van der Waals surface area contributed by atoms with Gasteiger partial charge < -0.3 is 10.2 Å². The number of carbonyl (C=O) groups is 1. The Morgan fingerprint density at radius 2 is 2.22 bits per heavy atom. The first-order chi connectivity index (χ1) is 8.40. The fourth-order valence-corrected chi connectivity index (χ4v) is 3.00. The number of aromatic carboxylic acids is 1. The van der Waals surface area contributed by atoms with Crippen LogP contribution in [-0.2, 0) is 10.0 Å². The zero-order valence-electron chi connectivity index (χ0n) is 9.33. The SMILES string of the molecule is O=C(O)c1cn[nH]c1S(=O)(=O)NCC1CC(O)C1. The Bertz CT molecular complexity index is 546. The number of sulfonamides is 1. The lowest BCUT2D eigenvalue weighted by atomic mass is 9.83. The molecular weight excluding hydrogens is 262 g/mol. The molecule has 0 amide bonds. The van der Waals surface area contributed by atoms with Gasteiger partial charge in [0.25, 0.3) is 10.0 Å². The van der Waals surface area contributed by atoms with Crippen molar-refractivity contribution in [3.05, 3.63) is 11.8 Å². The zero-order valence-corrected chi connectivity index (χ0v) is 10.1. The maximum Gasteiger partial charge on any atom is 0.340 e. The van der Waals surface area contributed by atoms with E-state index < -0.39 is 26.6 Å². The first-order valence-corrected chi connectivity index (χ1v) is 6.83. The number of carboxylic acids is 1. The number of aromatic amines is 1. The smallest absolute Gasteiger partial charge is 0.340 e. The van der Waals surface area contributed by atoms with Gasteiger partial charge in [-0.15, -0.1) is 0 Å². The van der Waals surface area contributed by atoms with Crippen molar-refractivity contribution in [2.75, 3.05) is 6.54 Å². The van der Waals surface area contributed by atoms with Crippen LogP contribution in [0.3, 0.4) is 0 Å². The molecule has 0 aliphatic heterocycles. The van der Waals surface area contributed by atoms with E-state index in [-0.39, 0.29) is 18.6 Å². The number of H-pyrrole nitrogens is 1. The van der Waals surface area contributed by atoms with Crippen LogP contribution in [-0.4, -0.2) is 47.4 Å². The van der Waals surface area contributed by atoms with Crippen molar-refractivity contribution in [3.8, 4) is 0 Å². The van der Waals surface area contributed by atoms with E-state index in [0.29, 0.717) is 12.8 Å². The molecule has 100 valence electrons. The molecule has 4 N–H and O–H groups in total. The molecule has 0 atom stereocenters. The summed E-state index contributed by atoms with van der Waals surface area (Å²) in [4.78, 5) is 10.8. The largest absolute Gasteiger partial charge is 0.478 e. The Balaban J connectivity index is 2.06. The van der Waals surface area contributed by atoms with Crippen molar-refractivity contribution < 1.29 is 23.4 Å². The molecule has 0 saturated heterocycles. The normalized spacial score (nSPS) is 23.6. The number of aromatic nitrogens is 2. The predicted molar refractivity (Wildman–Crippen MR) is 59.5 cm³/mol. The predicted octanol–water partition coefficient (Wildman–Crippen LogP) is -0.843. The van der Waals surface area contributed by atoms with Crippen molar-refractivity contribution >= 4 is 16.0 Å². The van der Waals surface area contributed by atoms with E-state index in [0.717, 1.165) is 6.20 Å². The van der Waals surface area contributed by atoms with Crippen LogP contribution in [0.1, 0.15) is 23.2 Å². The fourth-order valence-electron chi connectivity index (χ4n) is 1.80. The fraction of sp³-hybridized carbons (Fsp3) is 0.556. The third-order valence-electron chi connectivity index (χ3n) is 2.88. The van der Waals surface area contributed by atoms with Crippen LogP contribution in [0.15, 0.2) is 11.2 Å². The van der Waals surface area contributed by atoms with Crippen LogP contribution in [0.5, 0.6) is 0 Å². The summed E-state index contributed by atoms with van der Waals surface area (Å²) in [6.07, 6.45) is 1.69. The third kappa shape index (κ3) is 2.52. The van der Waals surface area contributed by atoms with Crippen molar-refractivity contribution in [3.63, 3.8) is 0 Å². The number of nitrogens with zero attached hydrogens (tertiary/aromatic N) is 1. The average molecular weight is 275 g/mol. The number of rotatable bonds is 5. The maximum absolute atomic E-state index is 11.8. The molecule has 1 aromatic rings. The van der Waals surface area contributed by atoms with Crippen LogP contribution in [0, 0.1) is 5.92 Å². The summed E-state index contributed by atoms with van der Waals surface area (Å²) in [5, 5.41) is 23.0. The van der Waals surface area contributed by atoms with Crippen molar-refractivity contribution in [2.45, 2.75) is 24.0 Å². The molecule has 2 rings (SSSR count). The third-order valence-corrected chi connectivity index (χ3v) is 4.27. The minimum absolute atomic E-state index is 0.0889. The highest BCUT2D eigenvalue weighted by atomic mass is 32.2. The van der Waals surface area contributed by atoms with Gasteiger partial charge in [0.15, 0.2) is 5.03 Å². The standard InChI is InChI=1S/C9H13N3O5S/c13-6-1-5(2-6)3-11-18(16,17)8-7(9(14)15)4-10-12-8/h4-6,11,13H,1-3H2,(H,10,12)(H,14,15). The van der Waals surface area contributed by atoms with Gasteiger partial charge >= 0.3 is 5.97 Å². The van der Waals surface area contributed by atoms with E-state index in [1.165, 1.54) is 0 Å². The number of aliphatic hydroxyl groups excluding tert-OH is 1. The van der Waals surface area contributed by atoms with Crippen molar-refractivity contribution in [1.82, 2.24) is 14.9 Å². The summed E-state index contributed by atoms with van der Waals surface area (Å²) in [7, 11) is -3.91. The molecule has 1 aliphatic rings. The highest BCUT2D eigenvalue weighted by Crippen LogP contribution is 2.26. The van der Waals surface area contributed by atoms with E-state index in [1.807, 2.05) is 0 Å². The number of hydrogen-bond acceptors (Lipinski definition) is 5. The quantitative estimate of drug-likeness (QED) is 0.553. The molecule has 18 heavy (non-hydrogen) atoms. The highest BCUT2D eigenvalue weighted by molar-refractivity contribution is 7.89. The van der Waals surface area contributed by atoms with Crippen LogP contribution in [0.25, 0.3) is 0 Å². The average Bonchev–Trinajstić information content (AvgIpc) is 2.72. The van der Waals surface area contributed by atoms with Gasteiger partial charge in [0.2, 0.25) is 0 Å². The Morgan fingerprint density at radius 3 is 2.78 bits per heavy atom. The summed E-state index contributed by atoms with van der Waals surface area (Å²) >= 11 is 0. The highest BCUT2D eigenvalue weighted by Gasteiger charge is 2.30. The summed E-state index contributed by atoms with van der Waals surface area (Å²) in [5.41, 5.74) is -0.392. The van der Waals surface area contributed by atoms with Gasteiger partial charge in [-0.1, -0.05) is 0 Å². The second-order valence-corrected chi connectivity index (χ2v) is 5.96. The molecule has 1 heterocycles. The molecule has 0 aromatic carbocycles. The minimum atomic E-state index is -3.91. The molecule has 1 aliphatic carbocycles. The lowest BCUT2D eigenvalue weighted by Gasteiger charge is -2.31. The van der Waals surface area contributed by atoms with Gasteiger partial charge in [-0.2, -0.15) is 5.10 Å². The van der Waals surface area contributed by atoms with Gasteiger partial charge in [-0.25, -0.2) is 17.9 Å². The monoisotopic (exact) mass is 275 g/mol. The molecular formula is C9H13N3O5S. The topological polar surface area (TPSA) is 132 Å². The summed E-state index contributed by atoms with van der Waals surface area (Å²) in [5.74, 6) is -1.27. The Kier molecular flexibility index (Phi) is 3.37. The zero-order chi connectivity index (χ0) is 13.3. The molecule has 1 saturated carbocycles. The van der Waals surface area contributed by atoms with Gasteiger partial charge in [-0.3, -0.25) is 5.10 Å². The van der Waals surface area contributed by atoms with Gasteiger partial charge in [0, 0.05) is 6.54 Å². The number of aliphatic hydroxyl groups is 1. The summed E-state index contributed by atoms with van der Waals surface area (Å²) in [6.45, 7) is 0.178.